The van der Waals surface area contributed by atoms with Gasteiger partial charge in [0.1, 0.15) is 5.75 Å². The van der Waals surface area contributed by atoms with E-state index in [4.69, 9.17) is 9.84 Å². The van der Waals surface area contributed by atoms with Gasteiger partial charge in [0.15, 0.2) is 0 Å². The van der Waals surface area contributed by atoms with Crippen molar-refractivity contribution in [1.82, 2.24) is 10.2 Å². The predicted molar refractivity (Wildman–Crippen MR) is 81.1 cm³/mol. The van der Waals surface area contributed by atoms with E-state index >= 15 is 0 Å². The second kappa shape index (κ2) is 8.00. The molecule has 1 amide bonds. The second-order valence-corrected chi connectivity index (χ2v) is 5.43. The number of nitrogens with one attached hydrogen (secondary N) is 1. The number of carbonyl (C=O) groups excluding carboxylic acids is 1. The summed E-state index contributed by atoms with van der Waals surface area (Å²) in [5, 5.41) is 12.0. The highest BCUT2D eigenvalue weighted by Crippen LogP contribution is 2.15. The Balaban J connectivity index is 1.75. The van der Waals surface area contributed by atoms with Crippen molar-refractivity contribution in [2.45, 2.75) is 19.9 Å². The van der Waals surface area contributed by atoms with Crippen LogP contribution in [0.1, 0.15) is 18.9 Å². The predicted octanol–water partition coefficient (Wildman–Crippen LogP) is 1.02. The lowest BCUT2D eigenvalue weighted by Gasteiger charge is -2.15. The molecule has 116 valence electrons. The van der Waals surface area contributed by atoms with E-state index < -0.39 is 0 Å². The number of aliphatic hydroxyl groups excluding tert-OH is 1. The minimum Gasteiger partial charge on any atom is -0.494 e. The van der Waals surface area contributed by atoms with E-state index in [-0.39, 0.29) is 12.5 Å². The minimum atomic E-state index is 0.0235. The minimum absolute atomic E-state index is 0.0235. The zero-order valence-corrected chi connectivity index (χ0v) is 12.5. The van der Waals surface area contributed by atoms with E-state index in [9.17, 15) is 4.79 Å². The fourth-order valence-electron chi connectivity index (χ4n) is 2.58. The molecule has 1 aliphatic heterocycles. The number of carbonyl (C=O) groups is 1. The lowest BCUT2D eigenvalue weighted by molar-refractivity contribution is -0.122. The topological polar surface area (TPSA) is 61.8 Å². The first-order valence-corrected chi connectivity index (χ1v) is 7.53. The van der Waals surface area contributed by atoms with Crippen molar-refractivity contribution in [3.05, 3.63) is 29.8 Å². The highest BCUT2D eigenvalue weighted by molar-refractivity contribution is 5.78. The summed E-state index contributed by atoms with van der Waals surface area (Å²) >= 11 is 0. The summed E-state index contributed by atoms with van der Waals surface area (Å²) in [5.74, 6) is 1.17. The maximum Gasteiger partial charge on any atom is 0.234 e. The van der Waals surface area contributed by atoms with Gasteiger partial charge in [-0.05, 0) is 43.5 Å². The lowest BCUT2D eigenvalue weighted by Crippen LogP contribution is -2.35. The maximum atomic E-state index is 11.9. The molecule has 1 atom stereocenters. The molecule has 0 aromatic heterocycles. The molecule has 2 N–H and O–H groups in total. The molecule has 0 saturated carbocycles. The van der Waals surface area contributed by atoms with E-state index in [0.717, 1.165) is 30.8 Å². The van der Waals surface area contributed by atoms with Crippen molar-refractivity contribution >= 4 is 5.91 Å². The van der Waals surface area contributed by atoms with Crippen LogP contribution in [-0.4, -0.2) is 48.8 Å². The summed E-state index contributed by atoms with van der Waals surface area (Å²) in [5.41, 5.74) is 1.03. The van der Waals surface area contributed by atoms with Gasteiger partial charge in [0.2, 0.25) is 5.91 Å². The Morgan fingerprint density at radius 1 is 1.52 bits per heavy atom. The van der Waals surface area contributed by atoms with Crippen molar-refractivity contribution in [2.24, 2.45) is 5.92 Å². The van der Waals surface area contributed by atoms with Crippen LogP contribution in [0.15, 0.2) is 24.3 Å². The molecule has 1 saturated heterocycles. The molecule has 1 aliphatic rings. The van der Waals surface area contributed by atoms with E-state index in [1.165, 1.54) is 0 Å². The molecule has 21 heavy (non-hydrogen) atoms. The first-order chi connectivity index (χ1) is 10.2. The SMILES string of the molecule is CCOc1cccc(CNC(=O)CN2CCC(CO)C2)c1. The monoisotopic (exact) mass is 292 g/mol. The molecule has 5 heteroatoms. The third-order valence-corrected chi connectivity index (χ3v) is 3.69. The average Bonchev–Trinajstić information content (AvgIpc) is 2.93. The zero-order valence-electron chi connectivity index (χ0n) is 12.5. The van der Waals surface area contributed by atoms with Gasteiger partial charge in [0, 0.05) is 19.7 Å². The number of hydrogen-bond donors (Lipinski definition) is 2. The number of likely N-dealkylation sites (tertiary alicyclic amines) is 1. The maximum absolute atomic E-state index is 11.9. The van der Waals surface area contributed by atoms with Crippen LogP contribution in [0, 0.1) is 5.92 Å². The van der Waals surface area contributed by atoms with E-state index in [1.54, 1.807) is 0 Å². The van der Waals surface area contributed by atoms with Crippen LogP contribution < -0.4 is 10.1 Å². The van der Waals surface area contributed by atoms with Crippen molar-refractivity contribution in [3.8, 4) is 5.75 Å². The number of amides is 1. The number of benzene rings is 1. The number of hydrogen-bond acceptors (Lipinski definition) is 4. The third kappa shape index (κ3) is 5.02. The first-order valence-electron chi connectivity index (χ1n) is 7.53. The molecule has 0 bridgehead atoms. The van der Waals surface area contributed by atoms with Crippen LogP contribution in [0.5, 0.6) is 5.75 Å². The quantitative estimate of drug-likeness (QED) is 0.787. The van der Waals surface area contributed by atoms with Crippen LogP contribution in [0.25, 0.3) is 0 Å². The van der Waals surface area contributed by atoms with E-state index in [1.807, 2.05) is 31.2 Å². The van der Waals surface area contributed by atoms with Gasteiger partial charge in [0.05, 0.1) is 13.2 Å². The number of ether oxygens (including phenoxy) is 1. The second-order valence-electron chi connectivity index (χ2n) is 5.43. The summed E-state index contributed by atoms with van der Waals surface area (Å²) < 4.78 is 5.44. The standard InChI is InChI=1S/C16H24N2O3/c1-2-21-15-5-3-4-13(8-15)9-17-16(20)11-18-7-6-14(10-18)12-19/h3-5,8,14,19H,2,6-7,9-12H2,1H3,(H,17,20). The normalized spacial score (nSPS) is 18.7. The molecular formula is C16H24N2O3. The lowest BCUT2D eigenvalue weighted by atomic mass is 10.1. The molecule has 2 rings (SSSR count). The smallest absolute Gasteiger partial charge is 0.234 e. The summed E-state index contributed by atoms with van der Waals surface area (Å²) in [6.45, 7) is 5.41. The fraction of sp³-hybridized carbons (Fsp3) is 0.562. The molecule has 0 radical (unpaired) electrons. The zero-order chi connectivity index (χ0) is 15.1. The Bertz CT molecular complexity index is 465. The van der Waals surface area contributed by atoms with Crippen molar-refractivity contribution in [2.75, 3.05) is 32.8 Å². The van der Waals surface area contributed by atoms with Gasteiger partial charge in [-0.15, -0.1) is 0 Å². The summed E-state index contributed by atoms with van der Waals surface area (Å²) in [6.07, 6.45) is 0.972. The molecule has 1 aromatic rings. The average molecular weight is 292 g/mol. The fourth-order valence-corrected chi connectivity index (χ4v) is 2.58. The third-order valence-electron chi connectivity index (χ3n) is 3.69. The Morgan fingerprint density at radius 2 is 2.38 bits per heavy atom. The number of rotatable bonds is 7. The van der Waals surface area contributed by atoms with Crippen LogP contribution in [0.2, 0.25) is 0 Å². The van der Waals surface area contributed by atoms with Crippen LogP contribution in [0.3, 0.4) is 0 Å². The molecule has 5 nitrogen and oxygen atoms in total. The van der Waals surface area contributed by atoms with Crippen LogP contribution in [-0.2, 0) is 11.3 Å². The highest BCUT2D eigenvalue weighted by atomic mass is 16.5. The van der Waals surface area contributed by atoms with Crippen LogP contribution >= 0.6 is 0 Å². The van der Waals surface area contributed by atoms with Gasteiger partial charge < -0.3 is 15.2 Å². The van der Waals surface area contributed by atoms with Gasteiger partial charge in [-0.25, -0.2) is 0 Å². The summed E-state index contributed by atoms with van der Waals surface area (Å²) in [6, 6.07) is 7.76. The summed E-state index contributed by atoms with van der Waals surface area (Å²) in [4.78, 5) is 14.0. The Hall–Kier alpha value is -1.59. The van der Waals surface area contributed by atoms with Gasteiger partial charge in [0.25, 0.3) is 0 Å². The number of nitrogens with zero attached hydrogens (tertiary/aromatic N) is 1. The van der Waals surface area contributed by atoms with Crippen molar-refractivity contribution in [1.29, 1.82) is 0 Å². The van der Waals surface area contributed by atoms with E-state index in [2.05, 4.69) is 10.2 Å². The van der Waals surface area contributed by atoms with Gasteiger partial charge in [-0.1, -0.05) is 12.1 Å². The molecule has 1 fully saturated rings. The summed E-state index contributed by atoms with van der Waals surface area (Å²) in [7, 11) is 0. The molecule has 1 heterocycles. The number of aliphatic hydroxyl groups is 1. The highest BCUT2D eigenvalue weighted by Gasteiger charge is 2.23. The van der Waals surface area contributed by atoms with Gasteiger partial charge in [-0.3, -0.25) is 9.69 Å². The van der Waals surface area contributed by atoms with E-state index in [0.29, 0.717) is 25.6 Å². The molecular weight excluding hydrogens is 268 g/mol. The van der Waals surface area contributed by atoms with Crippen molar-refractivity contribution in [3.63, 3.8) is 0 Å². The molecule has 0 spiro atoms. The molecule has 1 aromatic carbocycles. The first kappa shape index (κ1) is 15.8. The Morgan fingerprint density at radius 3 is 3.10 bits per heavy atom. The largest absolute Gasteiger partial charge is 0.494 e. The van der Waals surface area contributed by atoms with Crippen LogP contribution in [0.4, 0.5) is 0 Å². The molecule has 1 unspecified atom stereocenters. The van der Waals surface area contributed by atoms with Crippen molar-refractivity contribution < 1.29 is 14.6 Å². The molecule has 0 aliphatic carbocycles. The Labute approximate surface area is 125 Å². The van der Waals surface area contributed by atoms with Gasteiger partial charge in [-0.2, -0.15) is 0 Å². The van der Waals surface area contributed by atoms with Gasteiger partial charge >= 0.3 is 0 Å². The Kier molecular flexibility index (Phi) is 6.02.